The van der Waals surface area contributed by atoms with E-state index >= 15 is 0 Å². The Bertz CT molecular complexity index is 745. The molecule has 0 unspecified atom stereocenters. The van der Waals surface area contributed by atoms with Gasteiger partial charge in [-0.05, 0) is 31.5 Å². The fraction of sp³-hybridized carbons (Fsp3) is 0.421. The lowest BCUT2D eigenvalue weighted by Crippen LogP contribution is -2.38. The van der Waals surface area contributed by atoms with Crippen molar-refractivity contribution in [2.24, 2.45) is 0 Å². The fourth-order valence-electron chi connectivity index (χ4n) is 2.57. The maximum absolute atomic E-state index is 13.4. The summed E-state index contributed by atoms with van der Waals surface area (Å²) in [5.41, 5.74) is 0.227. The molecule has 140 valence electrons. The molecule has 1 N–H and O–H groups in total. The number of benzene rings is 1. The molecule has 0 bridgehead atoms. The molecule has 0 aliphatic carbocycles. The summed E-state index contributed by atoms with van der Waals surface area (Å²) in [4.78, 5) is 26.4. The Kier molecular flexibility index (Phi) is 7.32. The second-order valence-electron chi connectivity index (χ2n) is 6.17. The number of rotatable bonds is 9. The number of carbonyl (C=O) groups excluding carboxylic acids is 2. The van der Waals surface area contributed by atoms with E-state index in [9.17, 15) is 14.0 Å². The summed E-state index contributed by atoms with van der Waals surface area (Å²) in [5.74, 6) is -0.348. The van der Waals surface area contributed by atoms with Crippen LogP contribution in [0.15, 0.2) is 34.9 Å². The summed E-state index contributed by atoms with van der Waals surface area (Å²) >= 11 is 0. The lowest BCUT2D eigenvalue weighted by atomic mass is 10.1. The average molecular weight is 361 g/mol. The number of aryl methyl sites for hydroxylation is 1. The Hall–Kier alpha value is -2.70. The molecule has 6 nitrogen and oxygen atoms in total. The Morgan fingerprint density at radius 1 is 1.23 bits per heavy atom. The minimum atomic E-state index is -0.482. The summed E-state index contributed by atoms with van der Waals surface area (Å²) in [6, 6.07) is 7.08. The summed E-state index contributed by atoms with van der Waals surface area (Å²) in [6.07, 6.45) is 3.88. The molecule has 0 saturated carbocycles. The zero-order valence-electron chi connectivity index (χ0n) is 15.1. The lowest BCUT2D eigenvalue weighted by molar-refractivity contribution is -0.117. The molecule has 1 aromatic heterocycles. The van der Waals surface area contributed by atoms with Gasteiger partial charge in [-0.15, -0.1) is 0 Å². The molecule has 1 aromatic carbocycles. The van der Waals surface area contributed by atoms with Gasteiger partial charge in [0, 0.05) is 18.2 Å². The standard InChI is InChI=1S/C19H24FN3O3/c1-3-4-5-6-10-23(19(25)15-8-7-9-16(20)12-15)13-18(24)21-17-11-14(2)26-22-17/h7-9,11-12H,3-6,10,13H2,1-2H3,(H,21,22,24). The number of nitrogens with one attached hydrogen (secondary N) is 1. The van der Waals surface area contributed by atoms with E-state index < -0.39 is 5.82 Å². The van der Waals surface area contributed by atoms with E-state index in [1.54, 1.807) is 19.1 Å². The number of hydrogen-bond acceptors (Lipinski definition) is 4. The van der Waals surface area contributed by atoms with Crippen LogP contribution in [0.1, 0.15) is 48.7 Å². The van der Waals surface area contributed by atoms with Gasteiger partial charge in [0.2, 0.25) is 5.91 Å². The third kappa shape index (κ3) is 5.98. The highest BCUT2D eigenvalue weighted by molar-refractivity contribution is 5.99. The predicted octanol–water partition coefficient (Wildman–Crippen LogP) is 3.78. The molecule has 0 radical (unpaired) electrons. The van der Waals surface area contributed by atoms with Crippen LogP contribution in [0.2, 0.25) is 0 Å². The van der Waals surface area contributed by atoms with Gasteiger partial charge >= 0.3 is 0 Å². The van der Waals surface area contributed by atoms with Gasteiger partial charge in [0.15, 0.2) is 5.82 Å². The first-order valence-corrected chi connectivity index (χ1v) is 8.77. The number of anilines is 1. The topological polar surface area (TPSA) is 75.4 Å². The normalized spacial score (nSPS) is 10.6. The van der Waals surface area contributed by atoms with Crippen LogP contribution in [0.4, 0.5) is 10.2 Å². The Labute approximate surface area is 152 Å². The second kappa shape index (κ2) is 9.70. The van der Waals surface area contributed by atoms with Crippen molar-refractivity contribution in [3.63, 3.8) is 0 Å². The quantitative estimate of drug-likeness (QED) is 0.690. The maximum atomic E-state index is 13.4. The highest BCUT2D eigenvalue weighted by Gasteiger charge is 2.19. The number of carbonyl (C=O) groups is 2. The van der Waals surface area contributed by atoms with Crippen LogP contribution in [-0.4, -0.2) is 35.0 Å². The van der Waals surface area contributed by atoms with Gasteiger partial charge in [0.1, 0.15) is 18.1 Å². The summed E-state index contributed by atoms with van der Waals surface area (Å²) in [7, 11) is 0. The van der Waals surface area contributed by atoms with E-state index in [0.717, 1.165) is 25.7 Å². The van der Waals surface area contributed by atoms with Crippen LogP contribution >= 0.6 is 0 Å². The predicted molar refractivity (Wildman–Crippen MR) is 96.3 cm³/mol. The van der Waals surface area contributed by atoms with Gasteiger partial charge in [0.05, 0.1) is 0 Å². The maximum Gasteiger partial charge on any atom is 0.254 e. The van der Waals surface area contributed by atoms with Crippen molar-refractivity contribution >= 4 is 17.6 Å². The first-order chi connectivity index (χ1) is 12.5. The molecule has 0 aliphatic rings. The zero-order chi connectivity index (χ0) is 18.9. The number of aromatic nitrogens is 1. The van der Waals surface area contributed by atoms with Crippen molar-refractivity contribution in [3.05, 3.63) is 47.5 Å². The zero-order valence-corrected chi connectivity index (χ0v) is 15.1. The van der Waals surface area contributed by atoms with Gasteiger partial charge in [0.25, 0.3) is 5.91 Å². The fourth-order valence-corrected chi connectivity index (χ4v) is 2.57. The first kappa shape index (κ1) is 19.6. The van der Waals surface area contributed by atoms with E-state index in [0.29, 0.717) is 18.1 Å². The van der Waals surface area contributed by atoms with Gasteiger partial charge in [-0.25, -0.2) is 4.39 Å². The van der Waals surface area contributed by atoms with Crippen LogP contribution in [0.3, 0.4) is 0 Å². The molecule has 2 aromatic rings. The number of halogens is 1. The van der Waals surface area contributed by atoms with Crippen LogP contribution in [0, 0.1) is 12.7 Å². The van der Waals surface area contributed by atoms with Crippen LogP contribution in [0.25, 0.3) is 0 Å². The molecule has 26 heavy (non-hydrogen) atoms. The molecule has 0 spiro atoms. The van der Waals surface area contributed by atoms with Crippen molar-refractivity contribution < 1.29 is 18.5 Å². The molecule has 2 amide bonds. The lowest BCUT2D eigenvalue weighted by Gasteiger charge is -2.22. The first-order valence-electron chi connectivity index (χ1n) is 8.77. The van der Waals surface area contributed by atoms with E-state index in [4.69, 9.17) is 4.52 Å². The van der Waals surface area contributed by atoms with Gasteiger partial charge in [-0.3, -0.25) is 9.59 Å². The van der Waals surface area contributed by atoms with Crippen molar-refractivity contribution in [1.29, 1.82) is 0 Å². The van der Waals surface area contributed by atoms with Gasteiger partial charge in [-0.1, -0.05) is 37.4 Å². The van der Waals surface area contributed by atoms with Crippen molar-refractivity contribution in [2.45, 2.75) is 39.5 Å². The minimum absolute atomic E-state index is 0.132. The largest absolute Gasteiger partial charge is 0.360 e. The summed E-state index contributed by atoms with van der Waals surface area (Å²) < 4.78 is 18.3. The molecule has 0 fully saturated rings. The smallest absolute Gasteiger partial charge is 0.254 e. The monoisotopic (exact) mass is 361 g/mol. The molecule has 0 atom stereocenters. The van der Waals surface area contributed by atoms with Crippen LogP contribution < -0.4 is 5.32 Å². The molecule has 1 heterocycles. The van der Waals surface area contributed by atoms with E-state index in [2.05, 4.69) is 17.4 Å². The van der Waals surface area contributed by atoms with Crippen LogP contribution in [-0.2, 0) is 4.79 Å². The van der Waals surface area contributed by atoms with E-state index in [1.807, 2.05) is 0 Å². The van der Waals surface area contributed by atoms with E-state index in [1.165, 1.54) is 23.1 Å². The highest BCUT2D eigenvalue weighted by atomic mass is 19.1. The number of unbranched alkanes of at least 4 members (excludes halogenated alkanes) is 3. The number of nitrogens with zero attached hydrogens (tertiary/aromatic N) is 2. The summed E-state index contributed by atoms with van der Waals surface area (Å²) in [6.45, 7) is 4.12. The Morgan fingerprint density at radius 2 is 2.04 bits per heavy atom. The third-order valence-electron chi connectivity index (χ3n) is 3.87. The average Bonchev–Trinajstić information content (AvgIpc) is 3.01. The van der Waals surface area contributed by atoms with Crippen molar-refractivity contribution in [1.82, 2.24) is 10.1 Å². The highest BCUT2D eigenvalue weighted by Crippen LogP contribution is 2.11. The molecule has 0 saturated heterocycles. The summed E-state index contributed by atoms with van der Waals surface area (Å²) in [5, 5.41) is 6.30. The van der Waals surface area contributed by atoms with Crippen molar-refractivity contribution in [2.75, 3.05) is 18.4 Å². The van der Waals surface area contributed by atoms with Crippen molar-refractivity contribution in [3.8, 4) is 0 Å². The van der Waals surface area contributed by atoms with Gasteiger partial charge in [-0.2, -0.15) is 0 Å². The molecule has 0 aliphatic heterocycles. The number of hydrogen-bond donors (Lipinski definition) is 1. The number of amides is 2. The second-order valence-corrected chi connectivity index (χ2v) is 6.17. The SMILES string of the molecule is CCCCCCN(CC(=O)Nc1cc(C)on1)C(=O)c1cccc(F)c1. The minimum Gasteiger partial charge on any atom is -0.360 e. The molecule has 7 heteroatoms. The van der Waals surface area contributed by atoms with Crippen LogP contribution in [0.5, 0.6) is 0 Å². The Morgan fingerprint density at radius 3 is 2.69 bits per heavy atom. The Balaban J connectivity index is 2.04. The third-order valence-corrected chi connectivity index (χ3v) is 3.87. The molecule has 2 rings (SSSR count). The molecular formula is C19H24FN3O3. The van der Waals surface area contributed by atoms with E-state index in [-0.39, 0.29) is 23.9 Å². The van der Waals surface area contributed by atoms with Gasteiger partial charge < -0.3 is 14.7 Å². The molecular weight excluding hydrogens is 337 g/mol.